The summed E-state index contributed by atoms with van der Waals surface area (Å²) in [6.45, 7) is 6.21. The molecule has 0 saturated carbocycles. The van der Waals surface area contributed by atoms with Crippen LogP contribution in [0, 0.1) is 6.92 Å². The summed E-state index contributed by atoms with van der Waals surface area (Å²) < 4.78 is 0. The van der Waals surface area contributed by atoms with Crippen molar-refractivity contribution in [2.45, 2.75) is 45.6 Å². The molecule has 4 nitrogen and oxygen atoms in total. The van der Waals surface area contributed by atoms with Crippen molar-refractivity contribution in [3.63, 3.8) is 0 Å². The van der Waals surface area contributed by atoms with Crippen LogP contribution in [0.1, 0.15) is 37.8 Å². The number of rotatable bonds is 6. The van der Waals surface area contributed by atoms with Crippen LogP contribution in [0.15, 0.2) is 24.4 Å². The van der Waals surface area contributed by atoms with Gasteiger partial charge in [0, 0.05) is 23.6 Å². The zero-order valence-electron chi connectivity index (χ0n) is 13.0. The second-order valence-electron chi connectivity index (χ2n) is 5.70. The van der Waals surface area contributed by atoms with Crippen molar-refractivity contribution in [2.75, 3.05) is 6.54 Å². The molecule has 0 unspecified atom stereocenters. The third-order valence-electron chi connectivity index (χ3n) is 4.28. The Hall–Kier alpha value is -1.81. The highest BCUT2D eigenvalue weighted by molar-refractivity contribution is 5.91. The minimum Gasteiger partial charge on any atom is -0.388 e. The van der Waals surface area contributed by atoms with Gasteiger partial charge in [-0.3, -0.25) is 4.79 Å². The normalized spacial score (nSPS) is 11.8. The van der Waals surface area contributed by atoms with Crippen LogP contribution in [0.3, 0.4) is 0 Å². The Morgan fingerprint density at radius 1 is 1.33 bits per heavy atom. The Morgan fingerprint density at radius 2 is 2.05 bits per heavy atom. The standard InChI is InChI=1S/C17H24N2O2/c1-4-17(21,5-2)11-19-15(20)9-13-10-18-14-8-6-7-12(3)16(13)14/h6-8,10,18,21H,4-5,9,11H2,1-3H3,(H,19,20). The predicted octanol–water partition coefficient (Wildman–Crippen LogP) is 2.69. The zero-order valence-corrected chi connectivity index (χ0v) is 13.0. The number of H-pyrrole nitrogens is 1. The van der Waals surface area contributed by atoms with Crippen molar-refractivity contribution >= 4 is 16.8 Å². The maximum absolute atomic E-state index is 12.1. The summed E-state index contributed by atoms with van der Waals surface area (Å²) in [5.41, 5.74) is 2.41. The number of aromatic nitrogens is 1. The van der Waals surface area contributed by atoms with E-state index < -0.39 is 5.60 Å². The lowest BCUT2D eigenvalue weighted by Gasteiger charge is -2.25. The molecule has 1 heterocycles. The first-order chi connectivity index (χ1) is 9.99. The summed E-state index contributed by atoms with van der Waals surface area (Å²) in [5, 5.41) is 14.2. The summed E-state index contributed by atoms with van der Waals surface area (Å²) in [5.74, 6) is -0.0560. The van der Waals surface area contributed by atoms with Crippen molar-refractivity contribution < 1.29 is 9.90 Å². The molecular formula is C17H24N2O2. The highest BCUT2D eigenvalue weighted by Gasteiger charge is 2.22. The molecule has 0 fully saturated rings. The SMILES string of the molecule is CCC(O)(CC)CNC(=O)Cc1c[nH]c2cccc(C)c12. The van der Waals surface area contributed by atoms with E-state index in [0.29, 0.717) is 25.8 Å². The number of aromatic amines is 1. The number of amides is 1. The maximum atomic E-state index is 12.1. The van der Waals surface area contributed by atoms with Gasteiger partial charge >= 0.3 is 0 Å². The highest BCUT2D eigenvalue weighted by Crippen LogP contribution is 2.22. The number of hydrogen-bond donors (Lipinski definition) is 3. The molecule has 2 aromatic rings. The number of aliphatic hydroxyl groups is 1. The van der Waals surface area contributed by atoms with Crippen LogP contribution < -0.4 is 5.32 Å². The molecule has 3 N–H and O–H groups in total. The van der Waals surface area contributed by atoms with E-state index in [4.69, 9.17) is 0 Å². The van der Waals surface area contributed by atoms with Crippen LogP contribution in [0.25, 0.3) is 10.9 Å². The van der Waals surface area contributed by atoms with Gasteiger partial charge in [-0.15, -0.1) is 0 Å². The molecule has 21 heavy (non-hydrogen) atoms. The molecular weight excluding hydrogens is 264 g/mol. The van der Waals surface area contributed by atoms with Crippen LogP contribution in [0.4, 0.5) is 0 Å². The molecule has 1 amide bonds. The van der Waals surface area contributed by atoms with E-state index in [9.17, 15) is 9.90 Å². The van der Waals surface area contributed by atoms with Crippen molar-refractivity contribution in [1.29, 1.82) is 0 Å². The summed E-state index contributed by atoms with van der Waals surface area (Å²) >= 11 is 0. The minimum absolute atomic E-state index is 0.0560. The highest BCUT2D eigenvalue weighted by atomic mass is 16.3. The average Bonchev–Trinajstić information content (AvgIpc) is 2.89. The Bertz CT molecular complexity index is 627. The number of carbonyl (C=O) groups is 1. The van der Waals surface area contributed by atoms with E-state index in [0.717, 1.165) is 22.0 Å². The largest absolute Gasteiger partial charge is 0.388 e. The number of hydrogen-bond acceptors (Lipinski definition) is 2. The van der Waals surface area contributed by atoms with E-state index in [2.05, 4.69) is 10.3 Å². The first-order valence-corrected chi connectivity index (χ1v) is 7.53. The molecule has 0 atom stereocenters. The second kappa shape index (κ2) is 6.31. The molecule has 0 bridgehead atoms. The van der Waals surface area contributed by atoms with Crippen LogP contribution in [-0.4, -0.2) is 28.1 Å². The Kier molecular flexibility index (Phi) is 4.68. The van der Waals surface area contributed by atoms with Crippen molar-refractivity contribution in [2.24, 2.45) is 0 Å². The third kappa shape index (κ3) is 3.45. The number of aryl methyl sites for hydroxylation is 1. The van der Waals surface area contributed by atoms with Gasteiger partial charge in [-0.05, 0) is 37.0 Å². The van der Waals surface area contributed by atoms with Crippen molar-refractivity contribution in [1.82, 2.24) is 10.3 Å². The van der Waals surface area contributed by atoms with Crippen LogP contribution in [-0.2, 0) is 11.2 Å². The zero-order chi connectivity index (χ0) is 15.5. The molecule has 114 valence electrons. The summed E-state index contributed by atoms with van der Waals surface area (Å²) in [6, 6.07) is 6.06. The summed E-state index contributed by atoms with van der Waals surface area (Å²) in [7, 11) is 0. The molecule has 0 saturated heterocycles. The van der Waals surface area contributed by atoms with Crippen molar-refractivity contribution in [3.8, 4) is 0 Å². The van der Waals surface area contributed by atoms with Gasteiger partial charge in [-0.1, -0.05) is 26.0 Å². The van der Waals surface area contributed by atoms with Gasteiger partial charge in [0.15, 0.2) is 0 Å². The van der Waals surface area contributed by atoms with E-state index in [1.165, 1.54) is 0 Å². The van der Waals surface area contributed by atoms with Crippen molar-refractivity contribution in [3.05, 3.63) is 35.5 Å². The van der Waals surface area contributed by atoms with E-state index in [-0.39, 0.29) is 5.91 Å². The molecule has 0 radical (unpaired) electrons. The molecule has 0 aliphatic carbocycles. The van der Waals surface area contributed by atoms with Crippen LogP contribution in [0.5, 0.6) is 0 Å². The lowest BCUT2D eigenvalue weighted by Crippen LogP contribution is -2.42. The van der Waals surface area contributed by atoms with Gasteiger partial charge in [0.25, 0.3) is 0 Å². The fourth-order valence-corrected chi connectivity index (χ4v) is 2.59. The van der Waals surface area contributed by atoms with Gasteiger partial charge in [-0.2, -0.15) is 0 Å². The average molecular weight is 288 g/mol. The Labute approximate surface area is 125 Å². The number of carbonyl (C=O) groups excluding carboxylic acids is 1. The molecule has 1 aromatic heterocycles. The topological polar surface area (TPSA) is 65.1 Å². The fourth-order valence-electron chi connectivity index (χ4n) is 2.59. The van der Waals surface area contributed by atoms with Gasteiger partial charge in [0.1, 0.15) is 0 Å². The van der Waals surface area contributed by atoms with E-state index in [1.54, 1.807) is 0 Å². The molecule has 1 aromatic carbocycles. The number of benzene rings is 1. The first-order valence-electron chi connectivity index (χ1n) is 7.53. The fraction of sp³-hybridized carbons (Fsp3) is 0.471. The van der Waals surface area contributed by atoms with E-state index >= 15 is 0 Å². The number of fused-ring (bicyclic) bond motifs is 1. The molecule has 4 heteroatoms. The first kappa shape index (κ1) is 15.6. The molecule has 2 rings (SSSR count). The molecule has 0 aliphatic rings. The lowest BCUT2D eigenvalue weighted by molar-refractivity contribution is -0.121. The number of nitrogens with one attached hydrogen (secondary N) is 2. The lowest BCUT2D eigenvalue weighted by atomic mass is 9.97. The van der Waals surface area contributed by atoms with E-state index in [1.807, 2.05) is 45.2 Å². The van der Waals surface area contributed by atoms with Crippen LogP contribution >= 0.6 is 0 Å². The minimum atomic E-state index is -0.800. The third-order valence-corrected chi connectivity index (χ3v) is 4.28. The van der Waals surface area contributed by atoms with Gasteiger partial charge < -0.3 is 15.4 Å². The predicted molar refractivity (Wildman–Crippen MR) is 85.3 cm³/mol. The smallest absolute Gasteiger partial charge is 0.224 e. The summed E-state index contributed by atoms with van der Waals surface area (Å²) in [6.07, 6.45) is 3.49. The monoisotopic (exact) mass is 288 g/mol. The van der Waals surface area contributed by atoms with Gasteiger partial charge in [-0.25, -0.2) is 0 Å². The molecule has 0 aliphatic heterocycles. The second-order valence-corrected chi connectivity index (χ2v) is 5.70. The Morgan fingerprint density at radius 3 is 2.71 bits per heavy atom. The quantitative estimate of drug-likeness (QED) is 0.765. The maximum Gasteiger partial charge on any atom is 0.224 e. The van der Waals surface area contributed by atoms with Gasteiger partial charge in [0.05, 0.1) is 12.0 Å². The summed E-state index contributed by atoms with van der Waals surface area (Å²) in [4.78, 5) is 15.3. The van der Waals surface area contributed by atoms with Crippen LogP contribution in [0.2, 0.25) is 0 Å². The Balaban J connectivity index is 2.05. The molecule has 0 spiro atoms. The van der Waals surface area contributed by atoms with Gasteiger partial charge in [0.2, 0.25) is 5.91 Å².